The molecule has 2 fully saturated rings. The van der Waals surface area contributed by atoms with E-state index in [9.17, 15) is 5.11 Å². The van der Waals surface area contributed by atoms with Crippen LogP contribution in [0, 0.1) is 12.3 Å². The van der Waals surface area contributed by atoms with Crippen LogP contribution in [0.15, 0.2) is 28.1 Å². The summed E-state index contributed by atoms with van der Waals surface area (Å²) in [4.78, 5) is 12.9. The third kappa shape index (κ3) is 3.87. The Morgan fingerprint density at radius 1 is 1.37 bits per heavy atom. The van der Waals surface area contributed by atoms with Crippen molar-refractivity contribution < 1.29 is 9.84 Å². The van der Waals surface area contributed by atoms with E-state index in [4.69, 9.17) is 32.8 Å². The number of piperidine rings is 1. The highest BCUT2D eigenvalue weighted by molar-refractivity contribution is 7.99. The first-order chi connectivity index (χ1) is 14.3. The molecule has 7 nitrogen and oxygen atoms in total. The molecule has 2 aromatic heterocycles. The van der Waals surface area contributed by atoms with Gasteiger partial charge in [0.2, 0.25) is 0 Å². The van der Waals surface area contributed by atoms with Gasteiger partial charge in [-0.3, -0.25) is 0 Å². The van der Waals surface area contributed by atoms with Crippen molar-refractivity contribution >= 4 is 35.0 Å². The fourth-order valence-corrected chi connectivity index (χ4v) is 5.56. The Kier molecular flexibility index (Phi) is 6.14. The van der Waals surface area contributed by atoms with Gasteiger partial charge in [-0.2, -0.15) is 0 Å². The molecule has 162 valence electrons. The second-order valence-corrected chi connectivity index (χ2v) is 9.68. The summed E-state index contributed by atoms with van der Waals surface area (Å²) in [6.45, 7) is 6.38. The summed E-state index contributed by atoms with van der Waals surface area (Å²) in [6, 6.07) is 3.89. The van der Waals surface area contributed by atoms with E-state index in [1.54, 1.807) is 6.20 Å². The van der Waals surface area contributed by atoms with Gasteiger partial charge < -0.3 is 26.2 Å². The lowest BCUT2D eigenvalue weighted by atomic mass is 9.73. The number of anilines is 2. The maximum atomic E-state index is 10.0. The lowest BCUT2D eigenvalue weighted by Crippen LogP contribution is -2.51. The van der Waals surface area contributed by atoms with Crippen LogP contribution in [0.25, 0.3) is 0 Å². The highest BCUT2D eigenvalue weighted by Crippen LogP contribution is 2.43. The molecule has 0 amide bonds. The largest absolute Gasteiger partial charge is 0.392 e. The average Bonchev–Trinajstić information content (AvgIpc) is 3.01. The molecule has 2 aliphatic rings. The Labute approximate surface area is 186 Å². The smallest absolute Gasteiger partial charge is 0.143 e. The van der Waals surface area contributed by atoms with Crippen LogP contribution in [0.1, 0.15) is 31.0 Å². The lowest BCUT2D eigenvalue weighted by Gasteiger charge is -2.42. The van der Waals surface area contributed by atoms with Crippen molar-refractivity contribution in [1.82, 2.24) is 9.97 Å². The number of aryl methyl sites for hydroxylation is 1. The summed E-state index contributed by atoms with van der Waals surface area (Å²) in [7, 11) is 0. The monoisotopic (exact) mass is 449 g/mol. The summed E-state index contributed by atoms with van der Waals surface area (Å²) in [5.74, 6) is 1.15. The van der Waals surface area contributed by atoms with Crippen LogP contribution in [-0.4, -0.2) is 46.9 Å². The Hall–Kier alpha value is -1.58. The van der Waals surface area contributed by atoms with Gasteiger partial charge in [0.25, 0.3) is 0 Å². The predicted molar refractivity (Wildman–Crippen MR) is 120 cm³/mol. The molecule has 2 aromatic rings. The molecule has 9 heteroatoms. The molecule has 2 aliphatic heterocycles. The number of pyridine rings is 2. The highest BCUT2D eigenvalue weighted by atomic mass is 35.5. The number of nitrogens with two attached hydrogens (primary N) is 2. The van der Waals surface area contributed by atoms with Gasteiger partial charge in [-0.15, -0.1) is 0 Å². The predicted octanol–water partition coefficient (Wildman–Crippen LogP) is 3.00. The topological polar surface area (TPSA) is 111 Å². The molecule has 0 aliphatic carbocycles. The first-order valence-corrected chi connectivity index (χ1v) is 11.4. The standard InChI is InChI=1S/C21H28ClN5O2S/c1-12-16(30-15-3-6-25-19(24)17(15)22)9-14(10-28)20(26-12)27-7-4-21(5-8-27)11-29-13(2)18(21)23/h3,6,9,13,18,28H,4-5,7-8,10-11,23H2,1-2H3,(H2,24,25)/t13-,18+/m0/s1. The maximum absolute atomic E-state index is 10.0. The minimum Gasteiger partial charge on any atom is -0.392 e. The van der Waals surface area contributed by atoms with Gasteiger partial charge in [-0.25, -0.2) is 9.97 Å². The Morgan fingerprint density at radius 3 is 2.73 bits per heavy atom. The normalized spacial score (nSPS) is 23.3. The zero-order chi connectivity index (χ0) is 21.5. The Balaban J connectivity index is 1.55. The van der Waals surface area contributed by atoms with Crippen molar-refractivity contribution in [2.24, 2.45) is 11.1 Å². The van der Waals surface area contributed by atoms with Crippen LogP contribution in [0.5, 0.6) is 0 Å². The molecule has 0 unspecified atom stereocenters. The zero-order valence-electron chi connectivity index (χ0n) is 17.3. The van der Waals surface area contributed by atoms with Crippen LogP contribution in [0.4, 0.5) is 11.6 Å². The van der Waals surface area contributed by atoms with E-state index >= 15 is 0 Å². The fraction of sp³-hybridized carbons (Fsp3) is 0.524. The molecule has 0 radical (unpaired) electrons. The van der Waals surface area contributed by atoms with Gasteiger partial charge in [0, 0.05) is 46.1 Å². The van der Waals surface area contributed by atoms with E-state index in [-0.39, 0.29) is 24.2 Å². The molecule has 1 spiro atoms. The van der Waals surface area contributed by atoms with Gasteiger partial charge in [0.05, 0.1) is 30.0 Å². The van der Waals surface area contributed by atoms with Crippen molar-refractivity contribution in [2.75, 3.05) is 30.3 Å². The van der Waals surface area contributed by atoms with Crippen LogP contribution < -0.4 is 16.4 Å². The molecule has 5 N–H and O–H groups in total. The highest BCUT2D eigenvalue weighted by Gasteiger charge is 2.47. The van der Waals surface area contributed by atoms with E-state index in [1.807, 2.05) is 19.1 Å². The van der Waals surface area contributed by atoms with Crippen molar-refractivity contribution in [3.8, 4) is 0 Å². The number of aliphatic hydroxyl groups is 1. The van der Waals surface area contributed by atoms with Gasteiger partial charge in [0.1, 0.15) is 11.6 Å². The number of aromatic nitrogens is 2. The lowest BCUT2D eigenvalue weighted by molar-refractivity contribution is 0.0973. The van der Waals surface area contributed by atoms with Crippen LogP contribution in [-0.2, 0) is 11.3 Å². The molecular weight excluding hydrogens is 422 g/mol. The Morgan fingerprint density at radius 2 is 2.10 bits per heavy atom. The Bertz CT molecular complexity index is 936. The van der Waals surface area contributed by atoms with E-state index in [0.717, 1.165) is 59.4 Å². The van der Waals surface area contributed by atoms with E-state index in [1.165, 1.54) is 11.8 Å². The molecule has 4 rings (SSSR count). The molecule has 0 bridgehead atoms. The maximum Gasteiger partial charge on any atom is 0.143 e. The second kappa shape index (κ2) is 8.51. The fourth-order valence-electron chi connectivity index (χ4n) is 4.38. The van der Waals surface area contributed by atoms with Crippen LogP contribution in [0.2, 0.25) is 5.02 Å². The van der Waals surface area contributed by atoms with Crippen molar-refractivity contribution in [3.63, 3.8) is 0 Å². The molecule has 0 saturated carbocycles. The molecule has 0 aromatic carbocycles. The third-order valence-electron chi connectivity index (χ3n) is 6.40. The van der Waals surface area contributed by atoms with Crippen molar-refractivity contribution in [1.29, 1.82) is 0 Å². The zero-order valence-corrected chi connectivity index (χ0v) is 18.8. The molecular formula is C21H28ClN5O2S. The second-order valence-electron chi connectivity index (χ2n) is 8.21. The van der Waals surface area contributed by atoms with Crippen LogP contribution >= 0.6 is 23.4 Å². The number of hydrogen-bond donors (Lipinski definition) is 3. The average molecular weight is 450 g/mol. The summed E-state index contributed by atoms with van der Waals surface area (Å²) < 4.78 is 5.83. The van der Waals surface area contributed by atoms with Gasteiger partial charge in [-0.1, -0.05) is 23.4 Å². The van der Waals surface area contributed by atoms with Gasteiger partial charge in [0.15, 0.2) is 0 Å². The summed E-state index contributed by atoms with van der Waals surface area (Å²) in [5, 5.41) is 10.5. The molecule has 2 saturated heterocycles. The number of nitrogen functional groups attached to an aromatic ring is 1. The van der Waals surface area contributed by atoms with E-state index in [0.29, 0.717) is 10.8 Å². The number of rotatable bonds is 4. The molecule has 4 heterocycles. The van der Waals surface area contributed by atoms with Crippen molar-refractivity contribution in [2.45, 2.75) is 55.2 Å². The van der Waals surface area contributed by atoms with Crippen molar-refractivity contribution in [3.05, 3.63) is 34.6 Å². The minimum absolute atomic E-state index is 0.0537. The summed E-state index contributed by atoms with van der Waals surface area (Å²) >= 11 is 7.78. The third-order valence-corrected chi connectivity index (χ3v) is 8.10. The number of hydrogen-bond acceptors (Lipinski definition) is 8. The number of nitrogens with zero attached hydrogens (tertiary/aromatic N) is 3. The number of ether oxygens (including phenoxy) is 1. The minimum atomic E-state index is -0.0797. The number of halogens is 1. The SMILES string of the molecule is Cc1nc(N2CCC3(CC2)CO[C@@H](C)[C@H]3N)c(CO)cc1Sc1ccnc(N)c1Cl. The van der Waals surface area contributed by atoms with Gasteiger partial charge in [-0.05, 0) is 38.8 Å². The quantitative estimate of drug-likeness (QED) is 0.653. The first-order valence-electron chi connectivity index (χ1n) is 10.2. The van der Waals surface area contributed by atoms with Gasteiger partial charge >= 0.3 is 0 Å². The molecule has 30 heavy (non-hydrogen) atoms. The number of aliphatic hydroxyl groups excluding tert-OH is 1. The summed E-state index contributed by atoms with van der Waals surface area (Å²) in [6.07, 6.45) is 3.67. The van der Waals surface area contributed by atoms with Crippen LogP contribution in [0.3, 0.4) is 0 Å². The summed E-state index contributed by atoms with van der Waals surface area (Å²) in [5.41, 5.74) is 14.0. The van der Waals surface area contributed by atoms with E-state index in [2.05, 4.69) is 16.8 Å². The first kappa shape index (κ1) is 21.6. The van der Waals surface area contributed by atoms with E-state index < -0.39 is 0 Å². The molecule has 2 atom stereocenters.